The lowest BCUT2D eigenvalue weighted by atomic mass is 10.1. The highest BCUT2D eigenvalue weighted by atomic mass is 35.5. The first kappa shape index (κ1) is 16.3. The number of nitrogens with zero attached hydrogens (tertiary/aromatic N) is 1. The van der Waals surface area contributed by atoms with E-state index in [1.165, 1.54) is 0 Å². The molecule has 1 amide bonds. The lowest BCUT2D eigenvalue weighted by molar-refractivity contribution is -0.119. The van der Waals surface area contributed by atoms with Crippen LogP contribution in [0.1, 0.15) is 12.5 Å². The van der Waals surface area contributed by atoms with Gasteiger partial charge in [0.25, 0.3) is 5.91 Å². The number of nitrogens with one attached hydrogen (secondary N) is 2. The van der Waals surface area contributed by atoms with Crippen molar-refractivity contribution in [3.8, 4) is 0 Å². The highest BCUT2D eigenvalue weighted by Gasteiger charge is 2.03. The van der Waals surface area contributed by atoms with Crippen LogP contribution in [0.4, 0.5) is 5.69 Å². The molecule has 2 aromatic carbocycles. The van der Waals surface area contributed by atoms with Crippen LogP contribution in [-0.4, -0.2) is 18.2 Å². The van der Waals surface area contributed by atoms with Gasteiger partial charge in [0.05, 0.1) is 23.0 Å². The Hall–Kier alpha value is -2.04. The molecule has 0 atom stereocenters. The SMILES string of the molecule is CC(=NNC(=O)CNc1ccccc1Cl)c1ccc(Cl)cc1. The maximum absolute atomic E-state index is 11.8. The first-order valence-electron chi connectivity index (χ1n) is 6.64. The lowest BCUT2D eigenvalue weighted by Gasteiger charge is -2.07. The van der Waals surface area contributed by atoms with Crippen LogP contribution in [0.25, 0.3) is 0 Å². The molecule has 2 aromatic rings. The first-order chi connectivity index (χ1) is 10.6. The van der Waals surface area contributed by atoms with Crippen LogP contribution >= 0.6 is 23.2 Å². The maximum Gasteiger partial charge on any atom is 0.259 e. The van der Waals surface area contributed by atoms with E-state index in [2.05, 4.69) is 15.8 Å². The molecule has 6 heteroatoms. The molecule has 0 unspecified atom stereocenters. The van der Waals surface area contributed by atoms with Gasteiger partial charge in [0.2, 0.25) is 0 Å². The van der Waals surface area contributed by atoms with Crippen LogP contribution in [0.3, 0.4) is 0 Å². The molecule has 0 aliphatic heterocycles. The third-order valence-corrected chi connectivity index (χ3v) is 3.51. The van der Waals surface area contributed by atoms with Gasteiger partial charge in [0.1, 0.15) is 0 Å². The Kier molecular flexibility index (Phi) is 5.81. The highest BCUT2D eigenvalue weighted by Crippen LogP contribution is 2.19. The van der Waals surface area contributed by atoms with Crippen molar-refractivity contribution in [3.05, 3.63) is 64.1 Å². The lowest BCUT2D eigenvalue weighted by Crippen LogP contribution is -2.26. The molecule has 0 aliphatic rings. The molecule has 0 spiro atoms. The van der Waals surface area contributed by atoms with E-state index in [4.69, 9.17) is 23.2 Å². The highest BCUT2D eigenvalue weighted by molar-refractivity contribution is 6.33. The normalized spacial score (nSPS) is 11.1. The molecule has 2 rings (SSSR count). The van der Waals surface area contributed by atoms with Crippen LogP contribution in [-0.2, 0) is 4.79 Å². The van der Waals surface area contributed by atoms with Crippen molar-refractivity contribution >= 4 is 40.5 Å². The van der Waals surface area contributed by atoms with Crippen LogP contribution in [0.15, 0.2) is 53.6 Å². The van der Waals surface area contributed by atoms with Gasteiger partial charge in [-0.25, -0.2) is 5.43 Å². The van der Waals surface area contributed by atoms with Crippen molar-refractivity contribution in [1.82, 2.24) is 5.43 Å². The standard InChI is InChI=1S/C16H15Cl2N3O/c1-11(12-6-8-13(17)9-7-12)20-21-16(22)10-19-15-5-3-2-4-14(15)18/h2-9,19H,10H2,1H3,(H,21,22). The molecule has 114 valence electrons. The van der Waals surface area contributed by atoms with E-state index in [-0.39, 0.29) is 12.5 Å². The molecule has 0 radical (unpaired) electrons. The number of anilines is 1. The summed E-state index contributed by atoms with van der Waals surface area (Å²) in [7, 11) is 0. The quantitative estimate of drug-likeness (QED) is 0.642. The average Bonchev–Trinajstić information content (AvgIpc) is 2.52. The average molecular weight is 336 g/mol. The van der Waals surface area contributed by atoms with Crippen molar-refractivity contribution in [2.24, 2.45) is 5.10 Å². The smallest absolute Gasteiger partial charge is 0.259 e. The Morgan fingerprint density at radius 1 is 1.09 bits per heavy atom. The van der Waals surface area contributed by atoms with E-state index in [0.29, 0.717) is 21.4 Å². The number of carbonyl (C=O) groups is 1. The summed E-state index contributed by atoms with van der Waals surface area (Å²) in [4.78, 5) is 11.8. The minimum absolute atomic E-state index is 0.0845. The summed E-state index contributed by atoms with van der Waals surface area (Å²) in [6, 6.07) is 14.5. The third kappa shape index (κ3) is 4.76. The maximum atomic E-state index is 11.8. The van der Waals surface area contributed by atoms with Gasteiger partial charge < -0.3 is 5.32 Å². The van der Waals surface area contributed by atoms with Gasteiger partial charge in [0.15, 0.2) is 0 Å². The number of halogens is 2. The predicted octanol–water partition coefficient (Wildman–Crippen LogP) is 3.95. The van der Waals surface area contributed by atoms with E-state index in [1.807, 2.05) is 31.2 Å². The van der Waals surface area contributed by atoms with Crippen LogP contribution < -0.4 is 10.7 Å². The van der Waals surface area contributed by atoms with Gasteiger partial charge in [-0.05, 0) is 36.8 Å². The fourth-order valence-corrected chi connectivity index (χ4v) is 2.05. The number of para-hydroxylation sites is 1. The number of hydrogen-bond acceptors (Lipinski definition) is 3. The van der Waals surface area contributed by atoms with Crippen molar-refractivity contribution < 1.29 is 4.79 Å². The van der Waals surface area contributed by atoms with Crippen LogP contribution in [0, 0.1) is 0 Å². The number of hydrogen-bond donors (Lipinski definition) is 2. The van der Waals surface area contributed by atoms with Crippen molar-refractivity contribution in [2.45, 2.75) is 6.92 Å². The molecule has 0 aromatic heterocycles. The summed E-state index contributed by atoms with van der Waals surface area (Å²) in [6.07, 6.45) is 0. The Balaban J connectivity index is 1.88. The van der Waals surface area contributed by atoms with Crippen LogP contribution in [0.2, 0.25) is 10.0 Å². The summed E-state index contributed by atoms with van der Waals surface area (Å²) in [5, 5.41) is 8.24. The first-order valence-corrected chi connectivity index (χ1v) is 7.39. The molecule has 22 heavy (non-hydrogen) atoms. The number of benzene rings is 2. The molecule has 2 N–H and O–H groups in total. The molecule has 0 heterocycles. The Bertz CT molecular complexity index is 684. The topological polar surface area (TPSA) is 53.5 Å². The molecular weight excluding hydrogens is 321 g/mol. The Morgan fingerprint density at radius 2 is 1.77 bits per heavy atom. The number of hydrazone groups is 1. The van der Waals surface area contributed by atoms with Gasteiger partial charge in [-0.3, -0.25) is 4.79 Å². The second-order valence-corrected chi connectivity index (χ2v) is 5.42. The summed E-state index contributed by atoms with van der Waals surface area (Å²) in [5.74, 6) is -0.256. The summed E-state index contributed by atoms with van der Waals surface area (Å²) in [5.41, 5.74) is 4.79. The minimum Gasteiger partial charge on any atom is -0.375 e. The molecule has 0 fully saturated rings. The minimum atomic E-state index is -0.256. The molecule has 0 bridgehead atoms. The van der Waals surface area contributed by atoms with E-state index in [1.54, 1.807) is 24.3 Å². The zero-order valence-corrected chi connectivity index (χ0v) is 13.4. The number of rotatable bonds is 5. The molecule has 4 nitrogen and oxygen atoms in total. The van der Waals surface area contributed by atoms with Gasteiger partial charge in [-0.1, -0.05) is 47.5 Å². The molecular formula is C16H15Cl2N3O. The van der Waals surface area contributed by atoms with E-state index < -0.39 is 0 Å². The Labute approximate surface area is 139 Å². The van der Waals surface area contributed by atoms with Crippen molar-refractivity contribution in [2.75, 3.05) is 11.9 Å². The summed E-state index contributed by atoms with van der Waals surface area (Å²) in [6.45, 7) is 1.89. The fourth-order valence-electron chi connectivity index (χ4n) is 1.72. The van der Waals surface area contributed by atoms with Gasteiger partial charge >= 0.3 is 0 Å². The largest absolute Gasteiger partial charge is 0.375 e. The molecule has 0 aliphatic carbocycles. The molecule has 0 saturated carbocycles. The van der Waals surface area contributed by atoms with Gasteiger partial charge in [-0.2, -0.15) is 5.10 Å². The van der Waals surface area contributed by atoms with Crippen molar-refractivity contribution in [3.63, 3.8) is 0 Å². The zero-order chi connectivity index (χ0) is 15.9. The Morgan fingerprint density at radius 3 is 2.45 bits per heavy atom. The van der Waals surface area contributed by atoms with Gasteiger partial charge in [0, 0.05) is 5.02 Å². The van der Waals surface area contributed by atoms with E-state index in [9.17, 15) is 4.79 Å². The molecule has 0 saturated heterocycles. The number of carbonyl (C=O) groups excluding carboxylic acids is 1. The fraction of sp³-hybridized carbons (Fsp3) is 0.125. The van der Waals surface area contributed by atoms with Crippen molar-refractivity contribution in [1.29, 1.82) is 0 Å². The van der Waals surface area contributed by atoms with E-state index >= 15 is 0 Å². The second-order valence-electron chi connectivity index (χ2n) is 4.57. The third-order valence-electron chi connectivity index (χ3n) is 2.92. The zero-order valence-electron chi connectivity index (χ0n) is 11.9. The predicted molar refractivity (Wildman–Crippen MR) is 91.7 cm³/mol. The number of amides is 1. The van der Waals surface area contributed by atoms with E-state index in [0.717, 1.165) is 5.56 Å². The summed E-state index contributed by atoms with van der Waals surface area (Å²) >= 11 is 11.8. The van der Waals surface area contributed by atoms with Crippen LogP contribution in [0.5, 0.6) is 0 Å². The second kappa shape index (κ2) is 7.82. The summed E-state index contributed by atoms with van der Waals surface area (Å²) < 4.78 is 0. The van der Waals surface area contributed by atoms with Gasteiger partial charge in [-0.15, -0.1) is 0 Å². The monoisotopic (exact) mass is 335 g/mol.